The van der Waals surface area contributed by atoms with Crippen LogP contribution in [0.3, 0.4) is 0 Å². The van der Waals surface area contributed by atoms with Crippen molar-refractivity contribution in [2.75, 3.05) is 0 Å². The minimum atomic E-state index is -0.490. The third-order valence-electron chi connectivity index (χ3n) is 4.26. The summed E-state index contributed by atoms with van der Waals surface area (Å²) in [6, 6.07) is 8.68. The van der Waals surface area contributed by atoms with Crippen LogP contribution in [0.2, 0.25) is 0 Å². The minimum absolute atomic E-state index is 0.0921. The number of benzene rings is 2. The summed E-state index contributed by atoms with van der Waals surface area (Å²) in [6.07, 6.45) is 8.16. The average Bonchev–Trinajstić information content (AvgIpc) is 2.64. The lowest BCUT2D eigenvalue weighted by Crippen LogP contribution is -1.91. The fourth-order valence-electron chi connectivity index (χ4n) is 2.63. The number of hydrogen-bond donors (Lipinski definition) is 1. The molecule has 0 aliphatic rings. The van der Waals surface area contributed by atoms with Crippen LogP contribution >= 0.6 is 31.9 Å². The maximum absolute atomic E-state index is 13.4. The molecule has 0 bridgehead atoms. The summed E-state index contributed by atoms with van der Waals surface area (Å²) in [4.78, 5) is 0. The van der Waals surface area contributed by atoms with Gasteiger partial charge in [-0.2, -0.15) is 0 Å². The average molecular weight is 506 g/mol. The van der Waals surface area contributed by atoms with Crippen molar-refractivity contribution in [3.8, 4) is 5.75 Å². The van der Waals surface area contributed by atoms with E-state index in [0.717, 1.165) is 42.1 Å². The van der Waals surface area contributed by atoms with Gasteiger partial charge in [-0.05, 0) is 70.9 Å². The van der Waals surface area contributed by atoms with Gasteiger partial charge in [-0.25, -0.2) is 8.78 Å². The minimum Gasteiger partial charge on any atom is -0.504 e. The number of aryl methyl sites for hydroxylation is 2. The second kappa shape index (κ2) is 13.3. The van der Waals surface area contributed by atoms with E-state index in [1.54, 1.807) is 12.1 Å². The number of aromatic hydroxyl groups is 1. The number of unbranched alkanes of at least 4 members (excludes halogenated alkanes) is 4. The smallest absolute Gasteiger partial charge is 0.169 e. The molecular formula is C22H28Br2F2O. The Bertz CT molecular complexity index is 705. The zero-order chi connectivity index (χ0) is 20.2. The SMILES string of the molecule is CCCCCc1ccc(Br)c(O)c1F.CCCCCc1ccc(Br)cc1F. The van der Waals surface area contributed by atoms with Crippen molar-refractivity contribution in [3.63, 3.8) is 0 Å². The fourth-order valence-corrected chi connectivity index (χ4v) is 3.27. The standard InChI is InChI=1S/C11H14BrFO.C11H14BrF/c1-2-3-4-5-8-6-7-9(12)11(14)10(8)13;1-2-3-4-5-9-6-7-10(12)8-11(9)13/h6-7,14H,2-5H2,1H3;6-8H,2-5H2,1H3. The summed E-state index contributed by atoms with van der Waals surface area (Å²) in [7, 11) is 0. The highest BCUT2D eigenvalue weighted by Crippen LogP contribution is 2.29. The Kier molecular flexibility index (Phi) is 11.8. The largest absolute Gasteiger partial charge is 0.504 e. The third-order valence-corrected chi connectivity index (χ3v) is 5.39. The Morgan fingerprint density at radius 3 is 1.93 bits per heavy atom. The van der Waals surface area contributed by atoms with E-state index in [-0.39, 0.29) is 11.6 Å². The first-order valence-electron chi connectivity index (χ1n) is 9.50. The highest BCUT2D eigenvalue weighted by Gasteiger charge is 2.10. The van der Waals surface area contributed by atoms with Gasteiger partial charge < -0.3 is 5.11 Å². The van der Waals surface area contributed by atoms with Gasteiger partial charge in [0.2, 0.25) is 0 Å². The molecule has 0 saturated carbocycles. The second-order valence-electron chi connectivity index (χ2n) is 6.52. The summed E-state index contributed by atoms with van der Waals surface area (Å²) in [5, 5.41) is 9.32. The van der Waals surface area contributed by atoms with Gasteiger partial charge in [0.1, 0.15) is 5.82 Å². The Labute approximate surface area is 178 Å². The topological polar surface area (TPSA) is 20.2 Å². The Morgan fingerprint density at radius 1 is 0.815 bits per heavy atom. The quantitative estimate of drug-likeness (QED) is 0.357. The highest BCUT2D eigenvalue weighted by atomic mass is 79.9. The van der Waals surface area contributed by atoms with Crippen molar-refractivity contribution in [3.05, 3.63) is 62.0 Å². The Morgan fingerprint density at radius 2 is 1.37 bits per heavy atom. The van der Waals surface area contributed by atoms with Crippen LogP contribution in [0, 0.1) is 11.6 Å². The predicted octanol–water partition coefficient (Wildman–Crippen LogP) is 8.35. The molecule has 0 radical (unpaired) electrons. The van der Waals surface area contributed by atoms with Crippen LogP contribution in [0.4, 0.5) is 8.78 Å². The van der Waals surface area contributed by atoms with Crippen molar-refractivity contribution in [2.45, 2.75) is 65.2 Å². The molecule has 2 aromatic carbocycles. The molecule has 5 heteroatoms. The summed E-state index contributed by atoms with van der Waals surface area (Å²) >= 11 is 6.31. The molecule has 0 unspecified atom stereocenters. The molecule has 1 N–H and O–H groups in total. The number of hydrogen-bond acceptors (Lipinski definition) is 1. The molecule has 2 rings (SSSR count). The molecule has 0 heterocycles. The van der Waals surface area contributed by atoms with Gasteiger partial charge >= 0.3 is 0 Å². The van der Waals surface area contributed by atoms with E-state index in [9.17, 15) is 13.9 Å². The lowest BCUT2D eigenvalue weighted by Gasteiger charge is -2.05. The first-order valence-corrected chi connectivity index (χ1v) is 11.1. The summed E-state index contributed by atoms with van der Waals surface area (Å²) in [6.45, 7) is 4.26. The number of halogens is 4. The molecule has 0 atom stereocenters. The van der Waals surface area contributed by atoms with Crippen molar-refractivity contribution in [2.24, 2.45) is 0 Å². The molecule has 27 heavy (non-hydrogen) atoms. The highest BCUT2D eigenvalue weighted by molar-refractivity contribution is 9.10. The van der Waals surface area contributed by atoms with Gasteiger partial charge in [0.15, 0.2) is 11.6 Å². The monoisotopic (exact) mass is 504 g/mol. The van der Waals surface area contributed by atoms with Crippen LogP contribution in [0.1, 0.15) is 63.5 Å². The summed E-state index contributed by atoms with van der Waals surface area (Å²) < 4.78 is 27.9. The first kappa shape index (κ1) is 24.1. The van der Waals surface area contributed by atoms with Crippen LogP contribution in [0.5, 0.6) is 5.75 Å². The van der Waals surface area contributed by atoms with E-state index >= 15 is 0 Å². The van der Waals surface area contributed by atoms with Gasteiger partial charge in [0.05, 0.1) is 4.47 Å². The molecule has 0 aliphatic heterocycles. The normalized spacial score (nSPS) is 10.4. The van der Waals surface area contributed by atoms with Crippen molar-refractivity contribution in [1.82, 2.24) is 0 Å². The number of phenols is 1. The number of rotatable bonds is 8. The number of phenolic OH excluding ortho intramolecular Hbond substituents is 1. The van der Waals surface area contributed by atoms with Crippen LogP contribution < -0.4 is 0 Å². The molecule has 0 aromatic heterocycles. The molecule has 0 aliphatic carbocycles. The van der Waals surface area contributed by atoms with Crippen molar-refractivity contribution in [1.29, 1.82) is 0 Å². The fraction of sp³-hybridized carbons (Fsp3) is 0.455. The molecule has 0 fully saturated rings. The zero-order valence-electron chi connectivity index (χ0n) is 16.0. The van der Waals surface area contributed by atoms with Crippen LogP contribution in [0.25, 0.3) is 0 Å². The van der Waals surface area contributed by atoms with Crippen molar-refractivity contribution >= 4 is 31.9 Å². The lowest BCUT2D eigenvalue weighted by molar-refractivity contribution is 0.424. The van der Waals surface area contributed by atoms with E-state index in [4.69, 9.17) is 0 Å². The van der Waals surface area contributed by atoms with Gasteiger partial charge in [-0.3, -0.25) is 0 Å². The summed E-state index contributed by atoms with van der Waals surface area (Å²) in [5.41, 5.74) is 1.43. The van der Waals surface area contributed by atoms with Gasteiger partial charge in [-0.15, -0.1) is 0 Å². The van der Waals surface area contributed by atoms with E-state index in [0.29, 0.717) is 16.5 Å². The Hall–Kier alpha value is -0.940. The Balaban J connectivity index is 0.000000271. The van der Waals surface area contributed by atoms with E-state index < -0.39 is 5.82 Å². The molecule has 150 valence electrons. The van der Waals surface area contributed by atoms with E-state index in [1.807, 2.05) is 12.1 Å². The van der Waals surface area contributed by atoms with Crippen LogP contribution in [-0.2, 0) is 12.8 Å². The maximum Gasteiger partial charge on any atom is 0.169 e. The second-order valence-corrected chi connectivity index (χ2v) is 8.29. The molecule has 0 saturated heterocycles. The van der Waals surface area contributed by atoms with Gasteiger partial charge in [-0.1, -0.05) is 67.6 Å². The van der Waals surface area contributed by atoms with Gasteiger partial charge in [0.25, 0.3) is 0 Å². The lowest BCUT2D eigenvalue weighted by atomic mass is 10.1. The van der Waals surface area contributed by atoms with Gasteiger partial charge in [0, 0.05) is 4.47 Å². The zero-order valence-corrected chi connectivity index (χ0v) is 19.2. The molecule has 0 amide bonds. The molecule has 0 spiro atoms. The van der Waals surface area contributed by atoms with Crippen molar-refractivity contribution < 1.29 is 13.9 Å². The van der Waals surface area contributed by atoms with E-state index in [2.05, 4.69) is 45.7 Å². The molecule has 1 nitrogen and oxygen atoms in total. The van der Waals surface area contributed by atoms with Crippen LogP contribution in [0.15, 0.2) is 39.3 Å². The van der Waals surface area contributed by atoms with Crippen LogP contribution in [-0.4, -0.2) is 5.11 Å². The third kappa shape index (κ3) is 8.73. The molecule has 2 aromatic rings. The molecular weight excluding hydrogens is 478 g/mol. The maximum atomic E-state index is 13.4. The predicted molar refractivity (Wildman–Crippen MR) is 116 cm³/mol. The van der Waals surface area contributed by atoms with E-state index in [1.165, 1.54) is 18.9 Å². The first-order chi connectivity index (χ1) is 12.9. The summed E-state index contributed by atoms with van der Waals surface area (Å²) in [5.74, 6) is -0.861.